The van der Waals surface area contributed by atoms with Gasteiger partial charge in [0.05, 0.1) is 19.2 Å². The number of benzene rings is 2. The van der Waals surface area contributed by atoms with Crippen LogP contribution in [0, 0.1) is 0 Å². The van der Waals surface area contributed by atoms with Crippen molar-refractivity contribution in [1.29, 1.82) is 0 Å². The Balaban J connectivity index is 2.04. The van der Waals surface area contributed by atoms with E-state index in [0.717, 1.165) is 17.9 Å². The Labute approximate surface area is 130 Å². The van der Waals surface area contributed by atoms with Crippen molar-refractivity contribution < 1.29 is 9.47 Å². The summed E-state index contributed by atoms with van der Waals surface area (Å²) < 4.78 is 10.5. The number of rotatable bonds is 6. The van der Waals surface area contributed by atoms with E-state index in [9.17, 15) is 0 Å². The first kappa shape index (κ1) is 15.5. The SMILES string of the molecule is COc1ccc(NC(C)Cc2ccccc2OC)cc1Cl. The molecule has 0 aromatic heterocycles. The Morgan fingerprint density at radius 1 is 1.05 bits per heavy atom. The third-order valence-electron chi connectivity index (χ3n) is 3.28. The number of ether oxygens (including phenoxy) is 2. The smallest absolute Gasteiger partial charge is 0.137 e. The van der Waals surface area contributed by atoms with E-state index in [0.29, 0.717) is 10.8 Å². The van der Waals surface area contributed by atoms with Crippen LogP contribution in [0.1, 0.15) is 12.5 Å². The van der Waals surface area contributed by atoms with Crippen molar-refractivity contribution >= 4 is 17.3 Å². The highest BCUT2D eigenvalue weighted by Crippen LogP contribution is 2.28. The standard InChI is InChI=1S/C17H20ClNO2/c1-12(10-13-6-4-5-7-16(13)20-2)19-14-8-9-17(21-3)15(18)11-14/h4-9,11-12,19H,10H2,1-3H3. The molecule has 21 heavy (non-hydrogen) atoms. The number of nitrogens with one attached hydrogen (secondary N) is 1. The van der Waals surface area contributed by atoms with E-state index in [4.69, 9.17) is 21.1 Å². The van der Waals surface area contributed by atoms with Crippen molar-refractivity contribution in [2.75, 3.05) is 19.5 Å². The molecule has 0 radical (unpaired) electrons. The summed E-state index contributed by atoms with van der Waals surface area (Å²) in [6.45, 7) is 2.13. The van der Waals surface area contributed by atoms with Crippen molar-refractivity contribution in [3.05, 3.63) is 53.1 Å². The van der Waals surface area contributed by atoms with E-state index in [2.05, 4.69) is 18.3 Å². The summed E-state index contributed by atoms with van der Waals surface area (Å²) in [5.41, 5.74) is 2.16. The van der Waals surface area contributed by atoms with Gasteiger partial charge in [0.25, 0.3) is 0 Å². The molecule has 0 saturated carbocycles. The van der Waals surface area contributed by atoms with Crippen LogP contribution in [0.2, 0.25) is 5.02 Å². The number of hydrogen-bond donors (Lipinski definition) is 1. The molecule has 112 valence electrons. The maximum absolute atomic E-state index is 6.14. The van der Waals surface area contributed by atoms with Crippen LogP contribution in [0.5, 0.6) is 11.5 Å². The molecule has 3 nitrogen and oxygen atoms in total. The van der Waals surface area contributed by atoms with E-state index >= 15 is 0 Å². The van der Waals surface area contributed by atoms with Gasteiger partial charge < -0.3 is 14.8 Å². The van der Waals surface area contributed by atoms with Crippen molar-refractivity contribution in [2.24, 2.45) is 0 Å². The van der Waals surface area contributed by atoms with E-state index in [1.54, 1.807) is 14.2 Å². The molecule has 2 aromatic rings. The lowest BCUT2D eigenvalue weighted by atomic mass is 10.1. The minimum atomic E-state index is 0.255. The fourth-order valence-electron chi connectivity index (χ4n) is 2.29. The highest BCUT2D eigenvalue weighted by Gasteiger charge is 2.09. The Bertz CT molecular complexity index is 601. The minimum Gasteiger partial charge on any atom is -0.496 e. The Morgan fingerprint density at radius 3 is 2.43 bits per heavy atom. The molecule has 0 aliphatic carbocycles. The molecule has 0 heterocycles. The predicted octanol–water partition coefficient (Wildman–Crippen LogP) is 4.40. The normalized spacial score (nSPS) is 11.8. The van der Waals surface area contributed by atoms with Gasteiger partial charge in [-0.2, -0.15) is 0 Å². The van der Waals surface area contributed by atoms with E-state index in [-0.39, 0.29) is 6.04 Å². The summed E-state index contributed by atoms with van der Waals surface area (Å²) in [5, 5.41) is 4.04. The Hall–Kier alpha value is -1.87. The Morgan fingerprint density at radius 2 is 1.76 bits per heavy atom. The molecule has 0 saturated heterocycles. The van der Waals surface area contributed by atoms with Crippen LogP contribution in [0.4, 0.5) is 5.69 Å². The van der Waals surface area contributed by atoms with Crippen LogP contribution < -0.4 is 14.8 Å². The fraction of sp³-hybridized carbons (Fsp3) is 0.294. The minimum absolute atomic E-state index is 0.255. The second kappa shape index (κ2) is 7.23. The molecule has 4 heteroatoms. The Kier molecular flexibility index (Phi) is 5.34. The van der Waals surface area contributed by atoms with Crippen LogP contribution in [-0.2, 0) is 6.42 Å². The van der Waals surface area contributed by atoms with Gasteiger partial charge in [-0.1, -0.05) is 29.8 Å². The number of methoxy groups -OCH3 is 2. The van der Waals surface area contributed by atoms with Crippen LogP contribution in [0.15, 0.2) is 42.5 Å². The first-order valence-electron chi connectivity index (χ1n) is 6.86. The second-order valence-corrected chi connectivity index (χ2v) is 5.32. The van der Waals surface area contributed by atoms with E-state index < -0.39 is 0 Å². The fourth-order valence-corrected chi connectivity index (χ4v) is 2.55. The maximum Gasteiger partial charge on any atom is 0.137 e. The topological polar surface area (TPSA) is 30.5 Å². The van der Waals surface area contributed by atoms with E-state index in [1.807, 2.05) is 36.4 Å². The first-order valence-corrected chi connectivity index (χ1v) is 7.23. The van der Waals surface area contributed by atoms with Crippen LogP contribution >= 0.6 is 11.6 Å². The van der Waals surface area contributed by atoms with Gasteiger partial charge in [0.2, 0.25) is 0 Å². The van der Waals surface area contributed by atoms with Crippen LogP contribution in [0.25, 0.3) is 0 Å². The lowest BCUT2D eigenvalue weighted by Crippen LogP contribution is -2.18. The number of anilines is 1. The van der Waals surface area contributed by atoms with Gasteiger partial charge in [0, 0.05) is 11.7 Å². The molecule has 1 unspecified atom stereocenters. The van der Waals surface area contributed by atoms with E-state index in [1.165, 1.54) is 5.56 Å². The summed E-state index contributed by atoms with van der Waals surface area (Å²) >= 11 is 6.14. The summed E-state index contributed by atoms with van der Waals surface area (Å²) in [7, 11) is 3.30. The summed E-state index contributed by atoms with van der Waals surface area (Å²) in [5.74, 6) is 1.60. The molecule has 0 aliphatic heterocycles. The zero-order chi connectivity index (χ0) is 15.2. The third kappa shape index (κ3) is 4.05. The molecule has 0 fully saturated rings. The highest BCUT2D eigenvalue weighted by molar-refractivity contribution is 6.32. The molecule has 2 rings (SSSR count). The van der Waals surface area contributed by atoms with Gasteiger partial charge in [-0.05, 0) is 43.2 Å². The highest BCUT2D eigenvalue weighted by atomic mass is 35.5. The van der Waals surface area contributed by atoms with Crippen molar-refractivity contribution in [3.8, 4) is 11.5 Å². The summed E-state index contributed by atoms with van der Waals surface area (Å²) in [6.07, 6.45) is 0.869. The molecule has 2 aromatic carbocycles. The largest absolute Gasteiger partial charge is 0.496 e. The molecular weight excluding hydrogens is 286 g/mol. The molecular formula is C17H20ClNO2. The van der Waals surface area contributed by atoms with Crippen LogP contribution in [-0.4, -0.2) is 20.3 Å². The van der Waals surface area contributed by atoms with Crippen molar-refractivity contribution in [2.45, 2.75) is 19.4 Å². The average Bonchev–Trinajstić information content (AvgIpc) is 2.48. The summed E-state index contributed by atoms with van der Waals surface area (Å²) in [6, 6.07) is 14.0. The number of hydrogen-bond acceptors (Lipinski definition) is 3. The van der Waals surface area contributed by atoms with Crippen molar-refractivity contribution in [3.63, 3.8) is 0 Å². The molecule has 1 N–H and O–H groups in total. The average molecular weight is 306 g/mol. The van der Waals surface area contributed by atoms with Gasteiger partial charge in [-0.3, -0.25) is 0 Å². The van der Waals surface area contributed by atoms with Crippen molar-refractivity contribution in [1.82, 2.24) is 0 Å². The van der Waals surface area contributed by atoms with Gasteiger partial charge >= 0.3 is 0 Å². The second-order valence-electron chi connectivity index (χ2n) is 4.91. The summed E-state index contributed by atoms with van der Waals surface area (Å²) in [4.78, 5) is 0. The zero-order valence-corrected chi connectivity index (χ0v) is 13.3. The van der Waals surface area contributed by atoms with Crippen LogP contribution in [0.3, 0.4) is 0 Å². The maximum atomic E-state index is 6.14. The predicted molar refractivity (Wildman–Crippen MR) is 87.8 cm³/mol. The van der Waals surface area contributed by atoms with Gasteiger partial charge in [-0.15, -0.1) is 0 Å². The first-order chi connectivity index (χ1) is 10.1. The zero-order valence-electron chi connectivity index (χ0n) is 12.5. The molecule has 0 amide bonds. The number of halogens is 1. The molecule has 0 aliphatic rings. The lowest BCUT2D eigenvalue weighted by Gasteiger charge is -2.17. The lowest BCUT2D eigenvalue weighted by molar-refractivity contribution is 0.409. The quantitative estimate of drug-likeness (QED) is 0.858. The number of para-hydroxylation sites is 1. The van der Waals surface area contributed by atoms with Gasteiger partial charge in [0.15, 0.2) is 0 Å². The molecule has 0 bridgehead atoms. The van der Waals surface area contributed by atoms with Gasteiger partial charge in [0.1, 0.15) is 11.5 Å². The molecule has 0 spiro atoms. The van der Waals surface area contributed by atoms with Gasteiger partial charge in [-0.25, -0.2) is 0 Å². The molecule has 1 atom stereocenters. The third-order valence-corrected chi connectivity index (χ3v) is 3.58. The monoisotopic (exact) mass is 305 g/mol.